The summed E-state index contributed by atoms with van der Waals surface area (Å²) in [5, 5.41) is 3.44. The van der Waals surface area contributed by atoms with E-state index < -0.39 is 36.3 Å². The normalized spacial score (nSPS) is 13.7. The maximum absolute atomic E-state index is 13.6. The minimum atomic E-state index is -5.23. The first-order valence-electron chi connectivity index (χ1n) is 7.34. The number of nitrogens with one attached hydrogen (secondary N) is 2. The molecular weight excluding hydrogens is 348 g/mol. The molecule has 25 heavy (non-hydrogen) atoms. The molecule has 0 saturated carbocycles. The predicted octanol–water partition coefficient (Wildman–Crippen LogP) is 2.48. The number of rotatable bonds is 7. The molecule has 1 amide bonds. The van der Waals surface area contributed by atoms with Crippen molar-refractivity contribution in [3.63, 3.8) is 0 Å². The molecule has 6 nitrogen and oxygen atoms in total. The van der Waals surface area contributed by atoms with Crippen molar-refractivity contribution < 1.29 is 36.6 Å². The topological polar surface area (TPSA) is 76.7 Å². The number of halogens is 4. The highest BCUT2D eigenvalue weighted by Crippen LogP contribution is 2.30. The van der Waals surface area contributed by atoms with Crippen LogP contribution in [0.4, 0.5) is 22.4 Å². The zero-order valence-corrected chi connectivity index (χ0v) is 13.6. The van der Waals surface area contributed by atoms with E-state index in [2.05, 4.69) is 9.47 Å². The molecule has 1 aromatic rings. The first-order valence-corrected chi connectivity index (χ1v) is 7.34. The molecule has 1 unspecified atom stereocenters. The van der Waals surface area contributed by atoms with Crippen molar-refractivity contribution in [3.05, 3.63) is 35.6 Å². The van der Waals surface area contributed by atoms with Gasteiger partial charge in [0, 0.05) is 6.54 Å². The van der Waals surface area contributed by atoms with Gasteiger partial charge in [-0.3, -0.25) is 10.6 Å². The average Bonchev–Trinajstić information content (AvgIpc) is 2.52. The fourth-order valence-corrected chi connectivity index (χ4v) is 1.85. The van der Waals surface area contributed by atoms with Crippen molar-refractivity contribution in [2.75, 3.05) is 13.2 Å². The van der Waals surface area contributed by atoms with Gasteiger partial charge in [-0.25, -0.2) is 14.0 Å². The van der Waals surface area contributed by atoms with Crippen LogP contribution in [0.3, 0.4) is 0 Å². The number of amides is 1. The van der Waals surface area contributed by atoms with Crippen molar-refractivity contribution in [2.45, 2.75) is 32.2 Å². The van der Waals surface area contributed by atoms with Crippen LogP contribution in [0.2, 0.25) is 0 Å². The van der Waals surface area contributed by atoms with Crippen LogP contribution in [0.25, 0.3) is 0 Å². The quantitative estimate of drug-likeness (QED) is 0.441. The molecule has 0 bridgehead atoms. The van der Waals surface area contributed by atoms with Gasteiger partial charge >= 0.3 is 18.2 Å². The summed E-state index contributed by atoms with van der Waals surface area (Å²) in [6.07, 6.45) is -6.68. The van der Waals surface area contributed by atoms with E-state index in [1.807, 2.05) is 5.32 Å². The third-order valence-corrected chi connectivity index (χ3v) is 3.04. The standard InChI is InChI=1S/C15H18F4N2O4/c1-3-24-12(22)14(15(17,18)19,21-13(23)25-4-2)20-9-10-5-7-11(16)8-6-10/h5-8,20H,3-4,9H2,1-2H3,(H,21,23). The lowest BCUT2D eigenvalue weighted by atomic mass is 10.1. The van der Waals surface area contributed by atoms with Gasteiger partial charge in [0.05, 0.1) is 13.2 Å². The van der Waals surface area contributed by atoms with Gasteiger partial charge in [0.25, 0.3) is 5.66 Å². The second-order valence-electron chi connectivity index (χ2n) is 4.79. The molecule has 2 N–H and O–H groups in total. The third kappa shape index (κ3) is 5.31. The molecule has 0 saturated heterocycles. The zero-order valence-electron chi connectivity index (χ0n) is 13.6. The first-order chi connectivity index (χ1) is 11.7. The molecule has 0 aliphatic rings. The number of carbonyl (C=O) groups is 2. The van der Waals surface area contributed by atoms with Gasteiger partial charge in [-0.15, -0.1) is 0 Å². The molecule has 0 spiro atoms. The second-order valence-corrected chi connectivity index (χ2v) is 4.79. The molecular formula is C15H18F4N2O4. The Morgan fingerprint density at radius 3 is 2.08 bits per heavy atom. The second kappa shape index (κ2) is 8.65. The largest absolute Gasteiger partial charge is 0.463 e. The van der Waals surface area contributed by atoms with Gasteiger partial charge in [-0.2, -0.15) is 13.2 Å². The maximum Gasteiger partial charge on any atom is 0.436 e. The SMILES string of the molecule is CCOC(=O)NC(NCc1ccc(F)cc1)(C(=O)OCC)C(F)(F)F. The van der Waals surface area contributed by atoms with Crippen molar-refractivity contribution in [2.24, 2.45) is 0 Å². The number of carbonyl (C=O) groups excluding carboxylic acids is 2. The Morgan fingerprint density at radius 2 is 1.60 bits per heavy atom. The van der Waals surface area contributed by atoms with E-state index in [1.54, 1.807) is 0 Å². The van der Waals surface area contributed by atoms with E-state index in [0.29, 0.717) is 0 Å². The molecule has 1 atom stereocenters. The Bertz CT molecular complexity index is 592. The average molecular weight is 366 g/mol. The number of benzene rings is 1. The molecule has 1 rings (SSSR count). The summed E-state index contributed by atoms with van der Waals surface area (Å²) in [5.74, 6) is -2.31. The Labute approximate surface area is 141 Å². The highest BCUT2D eigenvalue weighted by molar-refractivity contribution is 5.86. The van der Waals surface area contributed by atoms with Crippen LogP contribution in [0.5, 0.6) is 0 Å². The number of hydrogen-bond donors (Lipinski definition) is 2. The van der Waals surface area contributed by atoms with Crippen molar-refractivity contribution in [3.8, 4) is 0 Å². The lowest BCUT2D eigenvalue weighted by molar-refractivity contribution is -0.219. The number of ether oxygens (including phenoxy) is 2. The highest BCUT2D eigenvalue weighted by atomic mass is 19.4. The van der Waals surface area contributed by atoms with Crippen LogP contribution in [-0.2, 0) is 20.8 Å². The minimum Gasteiger partial charge on any atom is -0.463 e. The van der Waals surface area contributed by atoms with E-state index in [9.17, 15) is 27.2 Å². The molecule has 0 aliphatic heterocycles. The van der Waals surface area contributed by atoms with Gasteiger partial charge in [-0.05, 0) is 31.5 Å². The number of esters is 1. The summed E-state index contributed by atoms with van der Waals surface area (Å²) < 4.78 is 62.7. The van der Waals surface area contributed by atoms with Crippen LogP contribution in [0, 0.1) is 5.82 Å². The molecule has 0 aliphatic carbocycles. The number of alkyl carbamates (subject to hydrolysis) is 1. The molecule has 1 aromatic carbocycles. The summed E-state index contributed by atoms with van der Waals surface area (Å²) in [7, 11) is 0. The molecule has 0 fully saturated rings. The Kier molecular flexibility index (Phi) is 7.16. The zero-order chi connectivity index (χ0) is 19.1. The van der Waals surface area contributed by atoms with Crippen LogP contribution >= 0.6 is 0 Å². The van der Waals surface area contributed by atoms with Crippen molar-refractivity contribution >= 4 is 12.1 Å². The van der Waals surface area contributed by atoms with Gasteiger partial charge in [0.2, 0.25) is 0 Å². The minimum absolute atomic E-state index is 0.194. The number of hydrogen-bond acceptors (Lipinski definition) is 5. The summed E-state index contributed by atoms with van der Waals surface area (Å²) in [5.41, 5.74) is -3.26. The van der Waals surface area contributed by atoms with Gasteiger partial charge < -0.3 is 9.47 Å². The van der Waals surface area contributed by atoms with E-state index in [0.717, 1.165) is 12.1 Å². The van der Waals surface area contributed by atoms with E-state index >= 15 is 0 Å². The Balaban J connectivity index is 3.14. The van der Waals surface area contributed by atoms with E-state index in [-0.39, 0.29) is 18.8 Å². The Hall–Kier alpha value is -2.36. The maximum atomic E-state index is 13.6. The lowest BCUT2D eigenvalue weighted by Crippen LogP contribution is -2.72. The summed E-state index contributed by atoms with van der Waals surface area (Å²) in [6.45, 7) is 1.69. The molecule has 0 radical (unpaired) electrons. The van der Waals surface area contributed by atoms with Crippen LogP contribution in [0.15, 0.2) is 24.3 Å². The lowest BCUT2D eigenvalue weighted by Gasteiger charge is -2.34. The predicted molar refractivity (Wildman–Crippen MR) is 78.8 cm³/mol. The molecule has 10 heteroatoms. The smallest absolute Gasteiger partial charge is 0.436 e. The fourth-order valence-electron chi connectivity index (χ4n) is 1.85. The Morgan fingerprint density at radius 1 is 1.04 bits per heavy atom. The van der Waals surface area contributed by atoms with Gasteiger partial charge in [0.15, 0.2) is 0 Å². The van der Waals surface area contributed by atoms with E-state index in [4.69, 9.17) is 0 Å². The molecule has 0 aromatic heterocycles. The van der Waals surface area contributed by atoms with Gasteiger partial charge in [0.1, 0.15) is 5.82 Å². The van der Waals surface area contributed by atoms with Crippen molar-refractivity contribution in [1.82, 2.24) is 10.6 Å². The van der Waals surface area contributed by atoms with Crippen LogP contribution in [0.1, 0.15) is 19.4 Å². The fraction of sp³-hybridized carbons (Fsp3) is 0.467. The first kappa shape index (κ1) is 20.7. The van der Waals surface area contributed by atoms with E-state index in [1.165, 1.54) is 31.3 Å². The van der Waals surface area contributed by atoms with Crippen molar-refractivity contribution in [1.29, 1.82) is 0 Å². The number of alkyl halides is 3. The summed E-state index contributed by atoms with van der Waals surface area (Å²) >= 11 is 0. The molecule has 140 valence electrons. The summed E-state index contributed by atoms with van der Waals surface area (Å²) in [6, 6.07) is 4.57. The molecule has 0 heterocycles. The summed E-state index contributed by atoms with van der Waals surface area (Å²) in [4.78, 5) is 23.5. The third-order valence-electron chi connectivity index (χ3n) is 3.04. The van der Waals surface area contributed by atoms with Gasteiger partial charge in [-0.1, -0.05) is 12.1 Å². The monoisotopic (exact) mass is 366 g/mol. The van der Waals surface area contributed by atoms with Crippen LogP contribution < -0.4 is 10.6 Å². The van der Waals surface area contributed by atoms with Crippen LogP contribution in [-0.4, -0.2) is 37.1 Å². The highest BCUT2D eigenvalue weighted by Gasteiger charge is 2.63.